The molecule has 3 aliphatic rings. The average molecular weight is 283 g/mol. The van der Waals surface area contributed by atoms with E-state index in [2.05, 4.69) is 12.2 Å². The number of aliphatic hydroxyl groups is 1. The molecular weight excluding hydrogens is 266 g/mol. The lowest BCUT2D eigenvalue weighted by Crippen LogP contribution is -2.36. The Balaban J connectivity index is 1.55. The fraction of sp³-hybridized carbons (Fsp3) is 0.412. The molecule has 1 aromatic rings. The van der Waals surface area contributed by atoms with E-state index >= 15 is 0 Å². The summed E-state index contributed by atoms with van der Waals surface area (Å²) < 4.78 is 0. The van der Waals surface area contributed by atoms with Crippen LogP contribution in [-0.2, 0) is 9.59 Å². The highest BCUT2D eigenvalue weighted by molar-refractivity contribution is 6.06. The molecule has 4 heteroatoms. The highest BCUT2D eigenvalue weighted by Gasteiger charge is 2.59. The molecule has 1 aliphatic heterocycles. The van der Waals surface area contributed by atoms with Crippen LogP contribution >= 0.6 is 0 Å². The monoisotopic (exact) mass is 283 g/mol. The number of hydrogen-bond donors (Lipinski definition) is 1. The number of benzene rings is 1. The first-order valence-electron chi connectivity index (χ1n) is 7.43. The number of imide groups is 1. The molecule has 0 spiro atoms. The van der Waals surface area contributed by atoms with E-state index in [0.717, 1.165) is 12.0 Å². The molecule has 0 radical (unpaired) electrons. The van der Waals surface area contributed by atoms with Crippen molar-refractivity contribution in [2.45, 2.75) is 12.5 Å². The van der Waals surface area contributed by atoms with Crippen LogP contribution in [0.25, 0.3) is 0 Å². The maximum absolute atomic E-state index is 12.5. The van der Waals surface area contributed by atoms with Crippen LogP contribution in [0.2, 0.25) is 0 Å². The summed E-state index contributed by atoms with van der Waals surface area (Å²) >= 11 is 0. The van der Waals surface area contributed by atoms with Gasteiger partial charge in [-0.15, -0.1) is 0 Å². The molecule has 1 saturated carbocycles. The number of carbonyl (C=O) groups excluding carboxylic acids is 2. The van der Waals surface area contributed by atoms with E-state index in [1.807, 2.05) is 30.3 Å². The zero-order valence-corrected chi connectivity index (χ0v) is 11.6. The van der Waals surface area contributed by atoms with Gasteiger partial charge in [0.2, 0.25) is 11.8 Å². The van der Waals surface area contributed by atoms with Crippen LogP contribution in [0.1, 0.15) is 18.1 Å². The number of β-amino-alcohol motifs (C(OH)–C–C–N with tert-alkyl or cyclic N) is 1. The third-order valence-electron chi connectivity index (χ3n) is 5.10. The predicted octanol–water partition coefficient (Wildman–Crippen LogP) is 1.53. The standard InChI is InChI=1S/C17H17NO3/c19-13(10-4-2-1-3-5-10)9-18-16(20)14-11-6-7-12(8-11)15(14)17(18)21/h1-7,11-15,19H,8-9H2. The molecule has 0 aromatic heterocycles. The van der Waals surface area contributed by atoms with Gasteiger partial charge < -0.3 is 5.11 Å². The summed E-state index contributed by atoms with van der Waals surface area (Å²) in [5.41, 5.74) is 0.733. The summed E-state index contributed by atoms with van der Waals surface area (Å²) in [7, 11) is 0. The normalized spacial score (nSPS) is 34.6. The molecule has 108 valence electrons. The summed E-state index contributed by atoms with van der Waals surface area (Å²) in [4.78, 5) is 26.3. The topological polar surface area (TPSA) is 57.6 Å². The minimum absolute atomic E-state index is 0.0636. The zero-order valence-electron chi connectivity index (χ0n) is 11.6. The van der Waals surface area contributed by atoms with Crippen LogP contribution in [0, 0.1) is 23.7 Å². The van der Waals surface area contributed by atoms with Gasteiger partial charge in [0, 0.05) is 0 Å². The van der Waals surface area contributed by atoms with Gasteiger partial charge in [-0.2, -0.15) is 0 Å². The van der Waals surface area contributed by atoms with Crippen LogP contribution in [0.5, 0.6) is 0 Å². The van der Waals surface area contributed by atoms with Crippen molar-refractivity contribution in [3.8, 4) is 0 Å². The smallest absolute Gasteiger partial charge is 0.233 e. The Kier molecular flexibility index (Phi) is 2.76. The summed E-state index contributed by atoms with van der Waals surface area (Å²) in [5.74, 6) is -0.134. The van der Waals surface area contributed by atoms with Crippen LogP contribution < -0.4 is 0 Å². The van der Waals surface area contributed by atoms with Gasteiger partial charge >= 0.3 is 0 Å². The Morgan fingerprint density at radius 2 is 1.62 bits per heavy atom. The van der Waals surface area contributed by atoms with Crippen molar-refractivity contribution >= 4 is 11.8 Å². The van der Waals surface area contributed by atoms with Crippen molar-refractivity contribution in [2.75, 3.05) is 6.54 Å². The molecule has 2 bridgehead atoms. The molecule has 2 fully saturated rings. The molecule has 5 unspecified atom stereocenters. The minimum atomic E-state index is -0.816. The second kappa shape index (κ2) is 4.53. The van der Waals surface area contributed by atoms with Crippen molar-refractivity contribution in [1.29, 1.82) is 0 Å². The quantitative estimate of drug-likeness (QED) is 0.676. The minimum Gasteiger partial charge on any atom is -0.387 e. The predicted molar refractivity (Wildman–Crippen MR) is 75.8 cm³/mol. The van der Waals surface area contributed by atoms with Crippen LogP contribution in [0.15, 0.2) is 42.5 Å². The van der Waals surface area contributed by atoms with Gasteiger partial charge in [0.25, 0.3) is 0 Å². The number of likely N-dealkylation sites (tertiary alicyclic amines) is 1. The second-order valence-electron chi connectivity index (χ2n) is 6.21. The lowest BCUT2D eigenvalue weighted by atomic mass is 9.85. The third kappa shape index (κ3) is 1.79. The molecule has 4 nitrogen and oxygen atoms in total. The van der Waals surface area contributed by atoms with E-state index < -0.39 is 6.10 Å². The van der Waals surface area contributed by atoms with E-state index in [1.165, 1.54) is 4.90 Å². The Morgan fingerprint density at radius 3 is 2.19 bits per heavy atom. The van der Waals surface area contributed by atoms with Gasteiger partial charge in [-0.3, -0.25) is 14.5 Å². The number of carbonyl (C=O) groups is 2. The number of rotatable bonds is 3. The fourth-order valence-electron chi connectivity index (χ4n) is 4.10. The Morgan fingerprint density at radius 1 is 1.05 bits per heavy atom. The lowest BCUT2D eigenvalue weighted by Gasteiger charge is -2.20. The number of amides is 2. The number of allylic oxidation sites excluding steroid dienone is 2. The summed E-state index contributed by atoms with van der Waals surface area (Å²) in [6, 6.07) is 9.16. The van der Waals surface area contributed by atoms with Gasteiger partial charge in [0.15, 0.2) is 0 Å². The fourth-order valence-corrected chi connectivity index (χ4v) is 4.10. The van der Waals surface area contributed by atoms with Gasteiger partial charge in [0.05, 0.1) is 24.5 Å². The molecular formula is C17H17NO3. The van der Waals surface area contributed by atoms with E-state index in [-0.39, 0.29) is 42.0 Å². The Bertz CT molecular complexity index is 594. The second-order valence-corrected chi connectivity index (χ2v) is 6.21. The van der Waals surface area contributed by atoms with Gasteiger partial charge in [0.1, 0.15) is 0 Å². The van der Waals surface area contributed by atoms with Crippen molar-refractivity contribution in [3.63, 3.8) is 0 Å². The van der Waals surface area contributed by atoms with Gasteiger partial charge in [-0.1, -0.05) is 42.5 Å². The third-order valence-corrected chi connectivity index (χ3v) is 5.10. The average Bonchev–Trinajstić information content (AvgIpc) is 3.18. The molecule has 1 saturated heterocycles. The lowest BCUT2D eigenvalue weighted by molar-refractivity contribution is -0.142. The van der Waals surface area contributed by atoms with E-state index in [1.54, 1.807) is 0 Å². The maximum Gasteiger partial charge on any atom is 0.233 e. The van der Waals surface area contributed by atoms with E-state index in [0.29, 0.717) is 0 Å². The molecule has 5 atom stereocenters. The van der Waals surface area contributed by atoms with Crippen molar-refractivity contribution in [2.24, 2.45) is 23.7 Å². The molecule has 21 heavy (non-hydrogen) atoms. The van der Waals surface area contributed by atoms with Crippen LogP contribution in [0.4, 0.5) is 0 Å². The highest BCUT2D eigenvalue weighted by atomic mass is 16.3. The Hall–Kier alpha value is -1.94. The van der Waals surface area contributed by atoms with Crippen molar-refractivity contribution < 1.29 is 14.7 Å². The Labute approximate surface area is 123 Å². The summed E-state index contributed by atoms with van der Waals surface area (Å²) in [6.45, 7) is 0.0636. The van der Waals surface area contributed by atoms with E-state index in [9.17, 15) is 14.7 Å². The molecule has 2 aliphatic carbocycles. The summed E-state index contributed by atoms with van der Waals surface area (Å²) in [5, 5.41) is 10.3. The SMILES string of the molecule is O=C1C2C3C=CC(C3)C2C(=O)N1CC(O)c1ccccc1. The first-order valence-corrected chi connectivity index (χ1v) is 7.43. The number of nitrogens with zero attached hydrogens (tertiary/aromatic N) is 1. The van der Waals surface area contributed by atoms with Crippen molar-refractivity contribution in [3.05, 3.63) is 48.0 Å². The van der Waals surface area contributed by atoms with Crippen molar-refractivity contribution in [1.82, 2.24) is 4.90 Å². The van der Waals surface area contributed by atoms with Crippen LogP contribution in [0.3, 0.4) is 0 Å². The molecule has 2 amide bonds. The highest BCUT2D eigenvalue weighted by Crippen LogP contribution is 2.52. The van der Waals surface area contributed by atoms with E-state index in [4.69, 9.17) is 0 Å². The molecule has 1 N–H and O–H groups in total. The molecule has 1 aromatic carbocycles. The number of fused-ring (bicyclic) bond motifs is 5. The van der Waals surface area contributed by atoms with Crippen LogP contribution in [-0.4, -0.2) is 28.4 Å². The number of aliphatic hydroxyl groups excluding tert-OH is 1. The first kappa shape index (κ1) is 12.8. The molecule has 1 heterocycles. The largest absolute Gasteiger partial charge is 0.387 e. The van der Waals surface area contributed by atoms with Gasteiger partial charge in [-0.25, -0.2) is 0 Å². The first-order chi connectivity index (χ1) is 10.2. The summed E-state index contributed by atoms with van der Waals surface area (Å²) in [6.07, 6.45) is 4.27. The molecule has 4 rings (SSSR count). The van der Waals surface area contributed by atoms with Gasteiger partial charge in [-0.05, 0) is 23.8 Å². The maximum atomic E-state index is 12.5. The number of hydrogen-bond acceptors (Lipinski definition) is 3. The zero-order chi connectivity index (χ0) is 14.6.